The fourth-order valence-corrected chi connectivity index (χ4v) is 2.67. The molecule has 0 aromatic rings. The van der Waals surface area contributed by atoms with Crippen LogP contribution in [-0.2, 0) is 19.2 Å². The Labute approximate surface area is 155 Å². The summed E-state index contributed by atoms with van der Waals surface area (Å²) in [5.41, 5.74) is 0. The molecule has 0 spiro atoms. The van der Waals surface area contributed by atoms with Crippen molar-refractivity contribution in [2.24, 2.45) is 0 Å². The van der Waals surface area contributed by atoms with Crippen LogP contribution in [-0.4, -0.2) is 40.4 Å². The van der Waals surface area contributed by atoms with Gasteiger partial charge in [-0.3, -0.25) is 19.2 Å². The second-order valence-corrected chi connectivity index (χ2v) is 6.60. The average molecular weight is 370 g/mol. The fraction of sp³-hybridized carbons (Fsp3) is 0.789. The van der Waals surface area contributed by atoms with Crippen LogP contribution < -0.4 is 5.32 Å². The van der Waals surface area contributed by atoms with Gasteiger partial charge in [0.2, 0.25) is 12.2 Å². The molecule has 0 unspecified atom stereocenters. The molecule has 7 heteroatoms. The summed E-state index contributed by atoms with van der Waals surface area (Å²) >= 11 is 0. The van der Waals surface area contributed by atoms with Crippen molar-refractivity contribution in [1.82, 2.24) is 5.32 Å². The van der Waals surface area contributed by atoms with Gasteiger partial charge in [-0.1, -0.05) is 51.4 Å². The SMILES string of the molecule is O=[C][C@H](CCC(=O)O)NC(=O)CCCCCCCCCCCCC(=O)O. The van der Waals surface area contributed by atoms with E-state index in [1.165, 1.54) is 0 Å². The molecule has 0 heterocycles. The minimum absolute atomic E-state index is 0.0703. The van der Waals surface area contributed by atoms with Crippen molar-refractivity contribution in [3.63, 3.8) is 0 Å². The van der Waals surface area contributed by atoms with Crippen molar-refractivity contribution in [3.05, 3.63) is 0 Å². The molecule has 1 radical (unpaired) electrons. The Kier molecular flexibility index (Phi) is 15.3. The zero-order valence-corrected chi connectivity index (χ0v) is 15.5. The monoisotopic (exact) mass is 370 g/mol. The van der Waals surface area contributed by atoms with Crippen LogP contribution in [0.3, 0.4) is 0 Å². The van der Waals surface area contributed by atoms with Crippen LogP contribution in [0.5, 0.6) is 0 Å². The molecule has 149 valence electrons. The van der Waals surface area contributed by atoms with E-state index < -0.39 is 18.0 Å². The van der Waals surface area contributed by atoms with Gasteiger partial charge in [-0.25, -0.2) is 0 Å². The Morgan fingerprint density at radius 1 is 0.692 bits per heavy atom. The number of unbranched alkanes of at least 4 members (excludes halogenated alkanes) is 9. The maximum absolute atomic E-state index is 11.7. The van der Waals surface area contributed by atoms with Gasteiger partial charge in [0.25, 0.3) is 0 Å². The third kappa shape index (κ3) is 16.9. The van der Waals surface area contributed by atoms with Crippen LogP contribution in [0, 0.1) is 0 Å². The summed E-state index contributed by atoms with van der Waals surface area (Å²) in [7, 11) is 0. The van der Waals surface area contributed by atoms with Gasteiger partial charge >= 0.3 is 11.9 Å². The number of carbonyl (C=O) groups excluding carboxylic acids is 2. The Hall–Kier alpha value is -1.92. The zero-order chi connectivity index (χ0) is 19.6. The van der Waals surface area contributed by atoms with Crippen molar-refractivity contribution in [1.29, 1.82) is 0 Å². The quantitative estimate of drug-likeness (QED) is 0.319. The predicted molar refractivity (Wildman–Crippen MR) is 97.5 cm³/mol. The molecule has 26 heavy (non-hydrogen) atoms. The molecule has 1 amide bonds. The number of rotatable bonds is 18. The van der Waals surface area contributed by atoms with E-state index >= 15 is 0 Å². The van der Waals surface area contributed by atoms with Crippen LogP contribution in [0.2, 0.25) is 0 Å². The summed E-state index contributed by atoms with van der Waals surface area (Å²) in [6.45, 7) is 0. The molecule has 0 saturated carbocycles. The molecule has 0 rings (SSSR count). The smallest absolute Gasteiger partial charge is 0.303 e. The molecule has 0 aromatic carbocycles. The third-order valence-electron chi connectivity index (χ3n) is 4.17. The van der Waals surface area contributed by atoms with Gasteiger partial charge in [-0.2, -0.15) is 0 Å². The number of nitrogens with one attached hydrogen (secondary N) is 1. The largest absolute Gasteiger partial charge is 0.481 e. The number of amides is 1. The molecule has 7 nitrogen and oxygen atoms in total. The zero-order valence-electron chi connectivity index (χ0n) is 15.5. The lowest BCUT2D eigenvalue weighted by Crippen LogP contribution is -2.36. The highest BCUT2D eigenvalue weighted by atomic mass is 16.4. The van der Waals surface area contributed by atoms with Crippen molar-refractivity contribution in [3.8, 4) is 0 Å². The van der Waals surface area contributed by atoms with Gasteiger partial charge in [0, 0.05) is 19.3 Å². The number of aliphatic carboxylic acids is 2. The van der Waals surface area contributed by atoms with E-state index in [4.69, 9.17) is 10.2 Å². The number of hydrogen-bond donors (Lipinski definition) is 3. The molecule has 0 bridgehead atoms. The summed E-state index contributed by atoms with van der Waals surface area (Å²) in [5, 5.41) is 19.6. The number of hydrogen-bond acceptors (Lipinski definition) is 4. The molecule has 0 fully saturated rings. The van der Waals surface area contributed by atoms with E-state index in [0.717, 1.165) is 64.2 Å². The first-order valence-electron chi connectivity index (χ1n) is 9.56. The van der Waals surface area contributed by atoms with E-state index in [-0.39, 0.29) is 25.2 Å². The molecule has 1 atom stereocenters. The van der Waals surface area contributed by atoms with Crippen molar-refractivity contribution >= 4 is 24.1 Å². The molecule has 0 aliphatic rings. The average Bonchev–Trinajstić information content (AvgIpc) is 2.59. The van der Waals surface area contributed by atoms with Crippen LogP contribution in [0.15, 0.2) is 0 Å². The van der Waals surface area contributed by atoms with E-state index in [9.17, 15) is 19.2 Å². The highest BCUT2D eigenvalue weighted by Crippen LogP contribution is 2.12. The van der Waals surface area contributed by atoms with Gasteiger partial charge in [0.1, 0.15) is 0 Å². The summed E-state index contributed by atoms with van der Waals surface area (Å²) in [6, 6.07) is -0.839. The van der Waals surface area contributed by atoms with Crippen molar-refractivity contribution < 1.29 is 29.4 Å². The molecule has 0 aliphatic heterocycles. The van der Waals surface area contributed by atoms with Crippen LogP contribution in [0.1, 0.15) is 89.9 Å². The first-order chi connectivity index (χ1) is 12.5. The summed E-state index contributed by atoms with van der Waals surface area (Å²) in [6.07, 6.45) is 12.4. The lowest BCUT2D eigenvalue weighted by atomic mass is 10.0. The third-order valence-corrected chi connectivity index (χ3v) is 4.17. The van der Waals surface area contributed by atoms with Gasteiger partial charge in [-0.05, 0) is 19.3 Å². The predicted octanol–water partition coefficient (Wildman–Crippen LogP) is 3.21. The Morgan fingerprint density at radius 3 is 1.54 bits per heavy atom. The minimum Gasteiger partial charge on any atom is -0.481 e. The van der Waals surface area contributed by atoms with Crippen molar-refractivity contribution in [2.75, 3.05) is 0 Å². The summed E-state index contributed by atoms with van der Waals surface area (Å²) in [5.74, 6) is -1.95. The number of carbonyl (C=O) groups is 3. The number of carboxylic acids is 2. The van der Waals surface area contributed by atoms with Crippen LogP contribution in [0.4, 0.5) is 0 Å². The maximum Gasteiger partial charge on any atom is 0.303 e. The first kappa shape index (κ1) is 24.1. The molecular formula is C19H32NO6. The van der Waals surface area contributed by atoms with Gasteiger partial charge in [0.15, 0.2) is 0 Å². The van der Waals surface area contributed by atoms with Gasteiger partial charge in [0.05, 0.1) is 6.04 Å². The molecular weight excluding hydrogens is 338 g/mol. The second-order valence-electron chi connectivity index (χ2n) is 6.60. The lowest BCUT2D eigenvalue weighted by molar-refractivity contribution is -0.138. The lowest BCUT2D eigenvalue weighted by Gasteiger charge is -2.10. The standard InChI is InChI=1S/C19H32NO6/c21-15-16(13-14-19(25)26)20-17(22)11-9-7-5-3-1-2-4-6-8-10-12-18(23)24/h16H,1-14H2,(H,20,22)(H,23,24)(H,25,26)/t16-/m0/s1. The highest BCUT2D eigenvalue weighted by Gasteiger charge is 2.13. The fourth-order valence-electron chi connectivity index (χ4n) is 2.67. The van der Waals surface area contributed by atoms with Crippen LogP contribution >= 0.6 is 0 Å². The topological polar surface area (TPSA) is 121 Å². The maximum atomic E-state index is 11.7. The molecule has 0 aromatic heterocycles. The molecule has 3 N–H and O–H groups in total. The van der Waals surface area contributed by atoms with E-state index in [0.29, 0.717) is 6.42 Å². The summed E-state index contributed by atoms with van der Waals surface area (Å²) < 4.78 is 0. The van der Waals surface area contributed by atoms with Gasteiger partial charge in [-0.15, -0.1) is 0 Å². The van der Waals surface area contributed by atoms with E-state index in [2.05, 4.69) is 5.32 Å². The summed E-state index contributed by atoms with van der Waals surface area (Å²) in [4.78, 5) is 43.2. The second kappa shape index (κ2) is 16.5. The van der Waals surface area contributed by atoms with E-state index in [1.54, 1.807) is 6.29 Å². The van der Waals surface area contributed by atoms with E-state index in [1.807, 2.05) is 0 Å². The van der Waals surface area contributed by atoms with Gasteiger partial charge < -0.3 is 15.5 Å². The number of carboxylic acid groups (broad SMARTS) is 2. The highest BCUT2D eigenvalue weighted by molar-refractivity contribution is 5.80. The normalized spacial score (nSPS) is 11.7. The first-order valence-corrected chi connectivity index (χ1v) is 9.56. The molecule has 0 saturated heterocycles. The Morgan fingerprint density at radius 2 is 1.12 bits per heavy atom. The minimum atomic E-state index is -1.00. The molecule has 0 aliphatic carbocycles. The van der Waals surface area contributed by atoms with Crippen molar-refractivity contribution in [2.45, 2.75) is 95.9 Å². The Bertz CT molecular complexity index is 424. The van der Waals surface area contributed by atoms with Crippen LogP contribution in [0.25, 0.3) is 0 Å². The Balaban J connectivity index is 3.43.